The van der Waals surface area contributed by atoms with E-state index in [-0.39, 0.29) is 34.5 Å². The van der Waals surface area contributed by atoms with Gasteiger partial charge in [0.1, 0.15) is 24.4 Å². The number of hydrogen-bond acceptors (Lipinski definition) is 12. The van der Waals surface area contributed by atoms with Gasteiger partial charge < -0.3 is 19.4 Å². The van der Waals surface area contributed by atoms with Gasteiger partial charge in [0, 0.05) is 0 Å². The minimum Gasteiger partial charge on any atom is -0.311 e. The Morgan fingerprint density at radius 1 is 0.348 bits per heavy atom. The summed E-state index contributed by atoms with van der Waals surface area (Å²) in [6, 6.07) is 0. The van der Waals surface area contributed by atoms with E-state index < -0.39 is 32.6 Å². The molecule has 0 aliphatic heterocycles. The first-order valence-corrected chi connectivity index (χ1v) is 24.4. The van der Waals surface area contributed by atoms with Crippen LogP contribution in [0.25, 0.3) is 0 Å². The molecule has 0 amide bonds. The van der Waals surface area contributed by atoms with Crippen molar-refractivity contribution >= 4 is 0 Å². The van der Waals surface area contributed by atoms with Gasteiger partial charge in [0.05, 0.1) is 0 Å². The van der Waals surface area contributed by atoms with Crippen LogP contribution in [0.1, 0.15) is 230 Å². The molecule has 388 valence electrons. The Hall–Kier alpha value is -3.98. The van der Waals surface area contributed by atoms with E-state index in [1.807, 2.05) is 6.08 Å². The van der Waals surface area contributed by atoms with Crippen molar-refractivity contribution < 1.29 is 39.7 Å². The molecule has 8 rings (SSSR count). The highest BCUT2D eigenvalue weighted by atomic mass is 17.0. The minimum atomic E-state index is -0.885. The number of rotatable bonds is 8. The molecule has 0 aromatic heterocycles. The van der Waals surface area contributed by atoms with Crippen LogP contribution in [0.15, 0.2) is 36.5 Å². The lowest BCUT2D eigenvalue weighted by Crippen LogP contribution is -2.24. The van der Waals surface area contributed by atoms with Gasteiger partial charge in [-0.1, -0.05) is 209 Å². The third kappa shape index (κ3) is 42.6. The summed E-state index contributed by atoms with van der Waals surface area (Å²) in [6.07, 6.45) is 42.7. The van der Waals surface area contributed by atoms with Crippen LogP contribution in [0, 0.1) is 70.0 Å². The van der Waals surface area contributed by atoms with Crippen LogP contribution >= 0.6 is 0 Å². The zero-order valence-corrected chi connectivity index (χ0v) is 39.4. The molecule has 0 radical (unpaired) electrons. The molecule has 0 heterocycles. The molecule has 5 saturated carbocycles. The molecule has 0 saturated heterocycles. The monoisotopic (exact) mass is 945 g/mol. The molecule has 4 unspecified atom stereocenters. The average molecular weight is 945 g/mol. The van der Waals surface area contributed by atoms with Crippen molar-refractivity contribution in [3.63, 3.8) is 0 Å². The standard InChI is InChI=1S/C8H16.C6H8N2O6.C6H11NO3.C6H9NO3.C6H12.C6H10.C5H10.C4H8.3CH4/c1-8-6-4-2-3-5-7-8;9-7(10)13-5-1-2-6(4-3-5)14-8(11)12;2*8-7(9)10-6-4-2-1-3-5-6;2*1-6-4-2-3-5-6;1-5-3-2-4-5;1-4-2-3-4;;;/h8H,2-7H2,1H3;1-2,5-6H,3-4H2;6H,1-5H2;2,4,6H,1,3,5H2;6H,2-5H2,1H3;2,4,6H,3,5H2,1H3;5H,2-4H2,1H3;4H,2-3H2,1H3;3*1H4. The summed E-state index contributed by atoms with van der Waals surface area (Å²) in [7, 11) is 0. The minimum absolute atomic E-state index is 0. The van der Waals surface area contributed by atoms with E-state index in [2.05, 4.69) is 66.1 Å². The Balaban J connectivity index is -0.000000700. The fourth-order valence-electron chi connectivity index (χ4n) is 7.61. The van der Waals surface area contributed by atoms with E-state index in [0.29, 0.717) is 12.8 Å². The van der Waals surface area contributed by atoms with E-state index >= 15 is 0 Å². The fourth-order valence-corrected chi connectivity index (χ4v) is 7.61. The molecule has 0 aromatic carbocycles. The summed E-state index contributed by atoms with van der Waals surface area (Å²) in [5.41, 5.74) is 0. The Labute approximate surface area is 399 Å². The summed E-state index contributed by atoms with van der Waals surface area (Å²) < 4.78 is 0. The highest BCUT2D eigenvalue weighted by Crippen LogP contribution is 2.27. The van der Waals surface area contributed by atoms with Crippen molar-refractivity contribution in [2.24, 2.45) is 29.6 Å². The van der Waals surface area contributed by atoms with Gasteiger partial charge in [-0.2, -0.15) is 0 Å². The van der Waals surface area contributed by atoms with Crippen molar-refractivity contribution in [3.8, 4) is 0 Å². The third-order valence-corrected chi connectivity index (χ3v) is 12.2. The maximum absolute atomic E-state index is 9.94. The van der Waals surface area contributed by atoms with Crippen molar-refractivity contribution in [1.82, 2.24) is 0 Å². The molecule has 8 aliphatic rings. The van der Waals surface area contributed by atoms with Gasteiger partial charge in [0.25, 0.3) is 20.3 Å². The second-order valence-electron chi connectivity index (χ2n) is 18.7. The first kappa shape index (κ1) is 66.3. The zero-order chi connectivity index (χ0) is 46.7. The summed E-state index contributed by atoms with van der Waals surface area (Å²) in [5.74, 6) is 5.09. The largest absolute Gasteiger partial charge is 0.311 e. The van der Waals surface area contributed by atoms with Gasteiger partial charge in [-0.15, -0.1) is 40.5 Å². The normalized spacial score (nSPS) is 24.0. The predicted octanol–water partition coefficient (Wildman–Crippen LogP) is 15.6. The van der Waals surface area contributed by atoms with Gasteiger partial charge in [0.15, 0.2) is 0 Å². The maximum atomic E-state index is 9.94. The Bertz CT molecular complexity index is 1260. The number of hydrogen-bond donors (Lipinski definition) is 0. The summed E-state index contributed by atoms with van der Waals surface area (Å²) in [6.45, 7) is 11.6. The van der Waals surface area contributed by atoms with E-state index in [1.54, 1.807) is 6.08 Å². The van der Waals surface area contributed by atoms with Crippen molar-refractivity contribution in [1.29, 1.82) is 0 Å². The summed E-state index contributed by atoms with van der Waals surface area (Å²) in [4.78, 5) is 56.8. The number of nitrogens with zero attached hydrogens (tertiary/aromatic N) is 4. The Kier molecular flexibility index (Phi) is 42.6. The third-order valence-electron chi connectivity index (χ3n) is 12.2. The zero-order valence-electron chi connectivity index (χ0n) is 39.4. The second kappa shape index (κ2) is 42.4. The predicted molar refractivity (Wildman–Crippen MR) is 266 cm³/mol. The Morgan fingerprint density at radius 3 is 0.955 bits per heavy atom. The first-order valence-electron chi connectivity index (χ1n) is 24.4. The van der Waals surface area contributed by atoms with Gasteiger partial charge in [-0.25, -0.2) is 0 Å². The lowest BCUT2D eigenvalue weighted by Gasteiger charge is -2.19. The van der Waals surface area contributed by atoms with Crippen LogP contribution in [0.4, 0.5) is 0 Å². The van der Waals surface area contributed by atoms with Crippen molar-refractivity contribution in [3.05, 3.63) is 76.9 Å². The van der Waals surface area contributed by atoms with Crippen LogP contribution in [-0.4, -0.2) is 44.8 Å². The van der Waals surface area contributed by atoms with Crippen molar-refractivity contribution in [2.75, 3.05) is 0 Å². The maximum Gasteiger partial charge on any atom is 0.295 e. The molecule has 0 bridgehead atoms. The van der Waals surface area contributed by atoms with Gasteiger partial charge in [-0.3, -0.25) is 0 Å². The summed E-state index contributed by atoms with van der Waals surface area (Å²) in [5, 5.41) is 36.4. The molecule has 4 atom stereocenters. The molecule has 66 heavy (non-hydrogen) atoms. The topological polar surface area (TPSA) is 209 Å². The molecule has 0 N–H and O–H groups in total. The van der Waals surface area contributed by atoms with Gasteiger partial charge >= 0.3 is 0 Å². The molecule has 0 spiro atoms. The summed E-state index contributed by atoms with van der Waals surface area (Å²) >= 11 is 0. The molecule has 0 aromatic rings. The molecular weight excluding hydrogens is 849 g/mol. The number of allylic oxidation sites excluding steroid dienone is 3. The first-order chi connectivity index (χ1) is 30.1. The lowest BCUT2D eigenvalue weighted by atomic mass is 9.88. The second-order valence-corrected chi connectivity index (χ2v) is 18.7. The van der Waals surface area contributed by atoms with Gasteiger partial charge in [-0.05, 0) is 87.4 Å². The van der Waals surface area contributed by atoms with Crippen LogP contribution in [0.5, 0.6) is 0 Å². The van der Waals surface area contributed by atoms with Crippen LogP contribution in [-0.2, 0) is 19.4 Å². The van der Waals surface area contributed by atoms with Crippen LogP contribution in [0.2, 0.25) is 0 Å². The van der Waals surface area contributed by atoms with E-state index in [4.69, 9.17) is 0 Å². The van der Waals surface area contributed by atoms with E-state index in [1.165, 1.54) is 128 Å². The molecule has 8 aliphatic carbocycles. The molecule has 16 nitrogen and oxygen atoms in total. The van der Waals surface area contributed by atoms with E-state index in [0.717, 1.165) is 74.5 Å². The van der Waals surface area contributed by atoms with E-state index in [9.17, 15) is 40.5 Å². The highest BCUT2D eigenvalue weighted by molar-refractivity contribution is 4.99. The van der Waals surface area contributed by atoms with Gasteiger partial charge in [0.2, 0.25) is 0 Å². The Morgan fingerprint density at radius 2 is 0.697 bits per heavy atom. The molecule has 5 fully saturated rings. The quantitative estimate of drug-likeness (QED) is 0.0963. The fraction of sp³-hybridized carbons (Fsp3) is 0.880. The highest BCUT2D eigenvalue weighted by Gasteiger charge is 2.21. The molecule has 16 heteroatoms. The molecular formula is C50H96N4O12. The van der Waals surface area contributed by atoms with Crippen molar-refractivity contribution in [2.45, 2.75) is 255 Å². The van der Waals surface area contributed by atoms with Crippen LogP contribution in [0.3, 0.4) is 0 Å². The smallest absolute Gasteiger partial charge is 0.295 e. The lowest BCUT2D eigenvalue weighted by molar-refractivity contribution is -0.770. The van der Waals surface area contributed by atoms with Crippen LogP contribution < -0.4 is 0 Å². The average Bonchev–Trinajstić information content (AvgIpc) is 3.71. The SMILES string of the molecule is C.C.C.CC1C=CCC1.CC1CC1.CC1CCC1.CC1CCCC1.CC1CCCCCC1.O=[N+]([O-])OC1C=CC(O[N+](=O)[O-])CC1.O=[N+]([O-])OC1C=CCCC1.O=[N+]([O-])OC1CCCCC1.